The van der Waals surface area contributed by atoms with Gasteiger partial charge in [0, 0.05) is 13.0 Å². The first-order valence-corrected chi connectivity index (χ1v) is 4.32. The summed E-state index contributed by atoms with van der Waals surface area (Å²) in [7, 11) is 0. The normalized spacial score (nSPS) is 31.4. The second-order valence-corrected chi connectivity index (χ2v) is 3.39. The molecule has 2 unspecified atom stereocenters. The Balaban J connectivity index is 1.93. The van der Waals surface area contributed by atoms with Crippen LogP contribution in [0.1, 0.15) is 12.8 Å². The van der Waals surface area contributed by atoms with E-state index in [1.54, 1.807) is 4.90 Å². The van der Waals surface area contributed by atoms with Crippen LogP contribution in [0, 0.1) is 0 Å². The molecule has 5 heteroatoms. The molecular weight excluding hydrogens is 174 g/mol. The molecule has 2 fully saturated rings. The third-order valence-corrected chi connectivity index (χ3v) is 2.54. The summed E-state index contributed by atoms with van der Waals surface area (Å²) in [5.41, 5.74) is 0. The molecule has 0 aromatic carbocycles. The molecule has 5 nitrogen and oxygen atoms in total. The number of ether oxygens (including phenoxy) is 1. The third-order valence-electron chi connectivity index (χ3n) is 2.54. The van der Waals surface area contributed by atoms with Crippen LogP contribution in [0.15, 0.2) is 0 Å². The van der Waals surface area contributed by atoms with E-state index in [0.717, 1.165) is 6.42 Å². The molecule has 0 aromatic heterocycles. The zero-order valence-electron chi connectivity index (χ0n) is 7.10. The van der Waals surface area contributed by atoms with Gasteiger partial charge < -0.3 is 14.7 Å². The van der Waals surface area contributed by atoms with Crippen LogP contribution in [0.2, 0.25) is 0 Å². The van der Waals surface area contributed by atoms with E-state index in [1.165, 1.54) is 0 Å². The van der Waals surface area contributed by atoms with Gasteiger partial charge in [0.2, 0.25) is 0 Å². The smallest absolute Gasteiger partial charge is 0.305 e. The predicted molar refractivity (Wildman–Crippen MR) is 42.1 cm³/mol. The van der Waals surface area contributed by atoms with Gasteiger partial charge >= 0.3 is 5.97 Å². The summed E-state index contributed by atoms with van der Waals surface area (Å²) in [6.45, 7) is 0.884. The highest BCUT2D eigenvalue weighted by Gasteiger charge is 2.45. The average molecular weight is 185 g/mol. The van der Waals surface area contributed by atoms with E-state index in [-0.39, 0.29) is 24.5 Å². The first kappa shape index (κ1) is 8.50. The monoisotopic (exact) mass is 185 g/mol. The lowest BCUT2D eigenvalue weighted by molar-refractivity contribution is -0.145. The Morgan fingerprint density at radius 1 is 1.69 bits per heavy atom. The molecule has 2 atom stereocenters. The maximum atomic E-state index is 11.4. The fourth-order valence-electron chi connectivity index (χ4n) is 1.87. The Kier molecular flexibility index (Phi) is 1.95. The molecule has 0 aliphatic carbocycles. The van der Waals surface area contributed by atoms with E-state index < -0.39 is 5.97 Å². The molecular formula is C8H11NO4. The van der Waals surface area contributed by atoms with Crippen molar-refractivity contribution in [2.45, 2.75) is 25.0 Å². The molecule has 2 bridgehead atoms. The van der Waals surface area contributed by atoms with Crippen molar-refractivity contribution >= 4 is 11.9 Å². The number of carboxylic acids is 1. The minimum atomic E-state index is -0.864. The maximum absolute atomic E-state index is 11.4. The molecule has 72 valence electrons. The van der Waals surface area contributed by atoms with Crippen molar-refractivity contribution in [1.82, 2.24) is 4.90 Å². The van der Waals surface area contributed by atoms with Gasteiger partial charge in [-0.15, -0.1) is 0 Å². The second-order valence-electron chi connectivity index (χ2n) is 3.39. The van der Waals surface area contributed by atoms with Gasteiger partial charge in [-0.1, -0.05) is 0 Å². The molecule has 2 aliphatic heterocycles. The van der Waals surface area contributed by atoms with E-state index in [4.69, 9.17) is 9.84 Å². The summed E-state index contributed by atoms with van der Waals surface area (Å²) in [6.07, 6.45) is 0.465. The Bertz CT molecular complexity index is 253. The Morgan fingerprint density at radius 2 is 2.46 bits per heavy atom. The minimum Gasteiger partial charge on any atom is -0.481 e. The number of likely N-dealkylation sites (tertiary alicyclic amines) is 1. The van der Waals surface area contributed by atoms with Crippen molar-refractivity contribution in [3.05, 3.63) is 0 Å². The van der Waals surface area contributed by atoms with Gasteiger partial charge in [0.15, 0.2) is 0 Å². The lowest BCUT2D eigenvalue weighted by Gasteiger charge is -2.26. The summed E-state index contributed by atoms with van der Waals surface area (Å²) in [5.74, 6) is -0.908. The van der Waals surface area contributed by atoms with Gasteiger partial charge in [-0.3, -0.25) is 9.59 Å². The molecule has 2 saturated heterocycles. The number of nitrogens with zero attached hydrogens (tertiary/aromatic N) is 1. The third kappa shape index (κ3) is 1.39. The van der Waals surface area contributed by atoms with E-state index in [0.29, 0.717) is 13.2 Å². The number of carboxylic acid groups (broad SMARTS) is 1. The SMILES string of the molecule is O=C(O)CCN1C(=O)C2CC1CO2. The average Bonchev–Trinajstić information content (AvgIpc) is 2.61. The molecule has 0 aromatic rings. The molecule has 1 amide bonds. The van der Waals surface area contributed by atoms with E-state index in [1.807, 2.05) is 0 Å². The fraction of sp³-hybridized carbons (Fsp3) is 0.750. The Hall–Kier alpha value is -1.10. The van der Waals surface area contributed by atoms with Crippen molar-refractivity contribution in [2.75, 3.05) is 13.2 Å². The number of carbonyl (C=O) groups is 2. The Morgan fingerprint density at radius 3 is 3.00 bits per heavy atom. The number of hydrogen-bond donors (Lipinski definition) is 1. The van der Waals surface area contributed by atoms with E-state index >= 15 is 0 Å². The number of amides is 1. The molecule has 2 aliphatic rings. The number of morpholine rings is 1. The first-order valence-electron chi connectivity index (χ1n) is 4.32. The number of carbonyl (C=O) groups excluding carboxylic acids is 1. The first-order chi connectivity index (χ1) is 6.18. The molecule has 2 heterocycles. The molecule has 0 spiro atoms. The van der Waals surface area contributed by atoms with Crippen LogP contribution in [0.4, 0.5) is 0 Å². The lowest BCUT2D eigenvalue weighted by atomic mass is 10.2. The van der Waals surface area contributed by atoms with Gasteiger partial charge in [-0.05, 0) is 0 Å². The summed E-state index contributed by atoms with van der Waals surface area (Å²) in [4.78, 5) is 23.3. The van der Waals surface area contributed by atoms with Gasteiger partial charge in [0.05, 0.1) is 19.1 Å². The van der Waals surface area contributed by atoms with E-state index in [9.17, 15) is 9.59 Å². The largest absolute Gasteiger partial charge is 0.481 e. The van der Waals surface area contributed by atoms with Crippen LogP contribution < -0.4 is 0 Å². The Labute approximate surface area is 75.3 Å². The minimum absolute atomic E-state index is 0.0228. The highest BCUT2D eigenvalue weighted by atomic mass is 16.5. The van der Waals surface area contributed by atoms with Gasteiger partial charge in [-0.2, -0.15) is 0 Å². The van der Waals surface area contributed by atoms with Crippen molar-refractivity contribution in [3.63, 3.8) is 0 Å². The molecule has 0 saturated carbocycles. The standard InChI is InChI=1S/C8H11NO4/c10-7(11)1-2-9-5-3-6(8(9)12)13-4-5/h5-6H,1-4H2,(H,10,11). The van der Waals surface area contributed by atoms with Crippen LogP contribution in [0.25, 0.3) is 0 Å². The van der Waals surface area contributed by atoms with Crippen LogP contribution >= 0.6 is 0 Å². The second kappa shape index (κ2) is 2.99. The van der Waals surface area contributed by atoms with Crippen molar-refractivity contribution in [1.29, 1.82) is 0 Å². The van der Waals surface area contributed by atoms with Crippen molar-refractivity contribution in [3.8, 4) is 0 Å². The van der Waals surface area contributed by atoms with Gasteiger partial charge in [0.1, 0.15) is 6.10 Å². The van der Waals surface area contributed by atoms with Gasteiger partial charge in [-0.25, -0.2) is 0 Å². The number of hydrogen-bond acceptors (Lipinski definition) is 3. The molecule has 13 heavy (non-hydrogen) atoms. The highest BCUT2D eigenvalue weighted by Crippen LogP contribution is 2.28. The summed E-state index contributed by atoms with van der Waals surface area (Å²) < 4.78 is 5.16. The molecule has 2 rings (SSSR count). The zero-order chi connectivity index (χ0) is 9.42. The maximum Gasteiger partial charge on any atom is 0.305 e. The number of fused-ring (bicyclic) bond motifs is 2. The van der Waals surface area contributed by atoms with Gasteiger partial charge in [0.25, 0.3) is 5.91 Å². The fourth-order valence-corrected chi connectivity index (χ4v) is 1.87. The summed E-state index contributed by atoms with van der Waals surface area (Å²) in [5, 5.41) is 8.46. The zero-order valence-corrected chi connectivity index (χ0v) is 7.10. The van der Waals surface area contributed by atoms with Crippen LogP contribution in [-0.2, 0) is 14.3 Å². The van der Waals surface area contributed by atoms with Crippen LogP contribution in [-0.4, -0.2) is 47.2 Å². The number of rotatable bonds is 3. The summed E-state index contributed by atoms with van der Waals surface area (Å²) >= 11 is 0. The quantitative estimate of drug-likeness (QED) is 0.641. The molecule has 0 radical (unpaired) electrons. The van der Waals surface area contributed by atoms with E-state index in [2.05, 4.69) is 0 Å². The molecule has 1 N–H and O–H groups in total. The summed E-state index contributed by atoms with van der Waals surface area (Å²) in [6, 6.07) is 0.122. The van der Waals surface area contributed by atoms with Crippen molar-refractivity contribution in [2.24, 2.45) is 0 Å². The topological polar surface area (TPSA) is 66.8 Å². The number of aliphatic carboxylic acids is 1. The van der Waals surface area contributed by atoms with Crippen LogP contribution in [0.5, 0.6) is 0 Å². The highest BCUT2D eigenvalue weighted by molar-refractivity contribution is 5.84. The predicted octanol–water partition coefficient (Wildman–Crippen LogP) is -0.539. The van der Waals surface area contributed by atoms with Crippen molar-refractivity contribution < 1.29 is 19.4 Å². The lowest BCUT2D eigenvalue weighted by Crippen LogP contribution is -2.42. The van der Waals surface area contributed by atoms with Crippen LogP contribution in [0.3, 0.4) is 0 Å².